The van der Waals surface area contributed by atoms with Gasteiger partial charge in [0, 0.05) is 5.56 Å². The summed E-state index contributed by atoms with van der Waals surface area (Å²) in [6.45, 7) is 3.76. The standard InChI is InChI=1S/C11H12FNO2/c1-8(2)15-10-5-3-4-9(6-10)11(12)13-7-14/h3-6,8,11H,1-2H3. The van der Waals surface area contributed by atoms with Gasteiger partial charge in [-0.15, -0.1) is 0 Å². The zero-order valence-corrected chi connectivity index (χ0v) is 8.61. The molecular weight excluding hydrogens is 197 g/mol. The van der Waals surface area contributed by atoms with Gasteiger partial charge in [0.2, 0.25) is 12.4 Å². The van der Waals surface area contributed by atoms with Crippen molar-refractivity contribution in [2.75, 3.05) is 0 Å². The van der Waals surface area contributed by atoms with Gasteiger partial charge in [0.25, 0.3) is 0 Å². The number of benzene rings is 1. The lowest BCUT2D eigenvalue weighted by molar-refractivity contribution is 0.241. The van der Waals surface area contributed by atoms with Crippen molar-refractivity contribution in [2.24, 2.45) is 4.99 Å². The smallest absolute Gasteiger partial charge is 0.238 e. The normalized spacial score (nSPS) is 12.0. The first-order chi connectivity index (χ1) is 7.13. The van der Waals surface area contributed by atoms with Crippen LogP contribution in [0.25, 0.3) is 0 Å². The Kier molecular flexibility index (Phi) is 4.01. The molecule has 0 aromatic heterocycles. The van der Waals surface area contributed by atoms with Crippen molar-refractivity contribution in [1.82, 2.24) is 0 Å². The lowest BCUT2D eigenvalue weighted by Crippen LogP contribution is -2.05. The molecule has 0 saturated carbocycles. The molecule has 0 N–H and O–H groups in total. The van der Waals surface area contributed by atoms with E-state index < -0.39 is 6.30 Å². The fraction of sp³-hybridized carbons (Fsp3) is 0.364. The third-order valence-electron chi connectivity index (χ3n) is 1.67. The van der Waals surface area contributed by atoms with Crippen molar-refractivity contribution in [2.45, 2.75) is 26.2 Å². The highest BCUT2D eigenvalue weighted by molar-refractivity contribution is 5.36. The molecule has 0 radical (unpaired) electrons. The van der Waals surface area contributed by atoms with Crippen LogP contribution in [0.15, 0.2) is 29.3 Å². The van der Waals surface area contributed by atoms with Gasteiger partial charge in [0.1, 0.15) is 5.75 Å². The van der Waals surface area contributed by atoms with Crippen LogP contribution >= 0.6 is 0 Å². The van der Waals surface area contributed by atoms with Crippen molar-refractivity contribution in [1.29, 1.82) is 0 Å². The minimum Gasteiger partial charge on any atom is -0.491 e. The third kappa shape index (κ3) is 3.52. The van der Waals surface area contributed by atoms with Gasteiger partial charge < -0.3 is 4.74 Å². The summed E-state index contributed by atoms with van der Waals surface area (Å²) < 4.78 is 18.5. The molecule has 1 rings (SSSR count). The van der Waals surface area contributed by atoms with Crippen molar-refractivity contribution in [3.8, 4) is 5.75 Å². The molecular formula is C11H12FNO2. The van der Waals surface area contributed by atoms with E-state index in [1.807, 2.05) is 13.8 Å². The summed E-state index contributed by atoms with van der Waals surface area (Å²) in [5.74, 6) is 0.561. The molecule has 0 bridgehead atoms. The Bertz CT molecular complexity index is 373. The number of carbonyl (C=O) groups excluding carboxylic acids is 1. The highest BCUT2D eigenvalue weighted by Gasteiger charge is 2.08. The SMILES string of the molecule is CC(C)Oc1cccc(C(F)N=C=O)c1. The summed E-state index contributed by atoms with van der Waals surface area (Å²) in [7, 11) is 0. The van der Waals surface area contributed by atoms with Crippen LogP contribution in [0.5, 0.6) is 5.75 Å². The fourth-order valence-electron chi connectivity index (χ4n) is 1.13. The summed E-state index contributed by atoms with van der Waals surface area (Å²) in [6.07, 6.45) is -0.462. The number of aliphatic imine (C=N–C) groups is 1. The van der Waals surface area contributed by atoms with Gasteiger partial charge in [-0.25, -0.2) is 9.18 Å². The molecule has 4 heteroatoms. The zero-order chi connectivity index (χ0) is 11.3. The first-order valence-corrected chi connectivity index (χ1v) is 4.61. The second kappa shape index (κ2) is 5.27. The third-order valence-corrected chi connectivity index (χ3v) is 1.67. The highest BCUT2D eigenvalue weighted by Crippen LogP contribution is 2.23. The second-order valence-corrected chi connectivity index (χ2v) is 3.30. The fourth-order valence-corrected chi connectivity index (χ4v) is 1.13. The first kappa shape index (κ1) is 11.4. The Morgan fingerprint density at radius 1 is 1.47 bits per heavy atom. The Balaban J connectivity index is 2.86. The largest absolute Gasteiger partial charge is 0.491 e. The van der Waals surface area contributed by atoms with Gasteiger partial charge in [-0.3, -0.25) is 0 Å². The number of rotatable bonds is 4. The Morgan fingerprint density at radius 2 is 2.20 bits per heavy atom. The molecule has 80 valence electrons. The Morgan fingerprint density at radius 3 is 2.80 bits per heavy atom. The monoisotopic (exact) mass is 209 g/mol. The molecule has 0 aliphatic heterocycles. The molecule has 1 aromatic rings. The van der Waals surface area contributed by atoms with E-state index in [2.05, 4.69) is 4.99 Å². The van der Waals surface area contributed by atoms with Crippen molar-refractivity contribution in [3.05, 3.63) is 29.8 Å². The molecule has 0 aliphatic rings. The molecule has 0 aliphatic carbocycles. The second-order valence-electron chi connectivity index (χ2n) is 3.30. The zero-order valence-electron chi connectivity index (χ0n) is 8.61. The average molecular weight is 209 g/mol. The number of halogens is 1. The minimum absolute atomic E-state index is 0.0212. The lowest BCUT2D eigenvalue weighted by Gasteiger charge is -2.10. The molecule has 1 unspecified atom stereocenters. The van der Waals surface area contributed by atoms with Gasteiger partial charge >= 0.3 is 0 Å². The predicted octanol–water partition coefficient (Wildman–Crippen LogP) is 2.78. The number of hydrogen-bond acceptors (Lipinski definition) is 3. The van der Waals surface area contributed by atoms with Crippen LogP contribution in [0.3, 0.4) is 0 Å². The van der Waals surface area contributed by atoms with Crippen LogP contribution in [0.4, 0.5) is 4.39 Å². The van der Waals surface area contributed by atoms with E-state index in [9.17, 15) is 9.18 Å². The van der Waals surface area contributed by atoms with Crippen molar-refractivity contribution in [3.63, 3.8) is 0 Å². The molecule has 15 heavy (non-hydrogen) atoms. The van der Waals surface area contributed by atoms with E-state index in [0.717, 1.165) is 0 Å². The minimum atomic E-state index is -1.67. The Labute approximate surface area is 87.6 Å². The van der Waals surface area contributed by atoms with E-state index in [0.29, 0.717) is 5.75 Å². The van der Waals surface area contributed by atoms with Gasteiger partial charge in [-0.2, -0.15) is 4.99 Å². The van der Waals surface area contributed by atoms with E-state index in [1.54, 1.807) is 18.2 Å². The van der Waals surface area contributed by atoms with Crippen LogP contribution in [-0.4, -0.2) is 12.2 Å². The first-order valence-electron chi connectivity index (χ1n) is 4.61. The maximum absolute atomic E-state index is 13.2. The summed E-state index contributed by atoms with van der Waals surface area (Å²) in [5, 5.41) is 0. The molecule has 3 nitrogen and oxygen atoms in total. The summed E-state index contributed by atoms with van der Waals surface area (Å²) in [4.78, 5) is 12.9. The van der Waals surface area contributed by atoms with Crippen LogP contribution in [0.2, 0.25) is 0 Å². The number of hydrogen-bond donors (Lipinski definition) is 0. The van der Waals surface area contributed by atoms with Gasteiger partial charge in [-0.1, -0.05) is 12.1 Å². The summed E-state index contributed by atoms with van der Waals surface area (Å²) in [6, 6.07) is 6.44. The van der Waals surface area contributed by atoms with Gasteiger partial charge in [0.15, 0.2) is 0 Å². The topological polar surface area (TPSA) is 38.7 Å². The number of nitrogens with zero attached hydrogens (tertiary/aromatic N) is 1. The van der Waals surface area contributed by atoms with Crippen LogP contribution in [0, 0.1) is 0 Å². The van der Waals surface area contributed by atoms with E-state index >= 15 is 0 Å². The lowest BCUT2D eigenvalue weighted by atomic mass is 10.2. The molecule has 1 aromatic carbocycles. The maximum Gasteiger partial charge on any atom is 0.238 e. The molecule has 1 atom stereocenters. The number of ether oxygens (including phenoxy) is 1. The van der Waals surface area contributed by atoms with E-state index in [1.165, 1.54) is 12.1 Å². The molecule has 0 spiro atoms. The number of isocyanates is 1. The van der Waals surface area contributed by atoms with Gasteiger partial charge in [0.05, 0.1) is 6.10 Å². The maximum atomic E-state index is 13.2. The summed E-state index contributed by atoms with van der Waals surface area (Å²) in [5.41, 5.74) is 0.288. The molecule has 0 amide bonds. The quantitative estimate of drug-likeness (QED) is 0.434. The van der Waals surface area contributed by atoms with E-state index in [4.69, 9.17) is 4.74 Å². The number of alkyl halides is 1. The van der Waals surface area contributed by atoms with Crippen molar-refractivity contribution < 1.29 is 13.9 Å². The van der Waals surface area contributed by atoms with Crippen LogP contribution in [-0.2, 0) is 4.79 Å². The average Bonchev–Trinajstić information content (AvgIpc) is 2.17. The molecule has 0 heterocycles. The Hall–Kier alpha value is -1.67. The highest BCUT2D eigenvalue weighted by atomic mass is 19.1. The molecule has 0 fully saturated rings. The van der Waals surface area contributed by atoms with Crippen molar-refractivity contribution >= 4 is 6.08 Å². The van der Waals surface area contributed by atoms with Crippen LogP contribution < -0.4 is 4.74 Å². The van der Waals surface area contributed by atoms with E-state index in [-0.39, 0.29) is 11.7 Å². The summed E-state index contributed by atoms with van der Waals surface area (Å²) >= 11 is 0. The van der Waals surface area contributed by atoms with Gasteiger partial charge in [-0.05, 0) is 26.0 Å². The molecule has 0 saturated heterocycles. The van der Waals surface area contributed by atoms with Crippen LogP contribution in [0.1, 0.15) is 25.7 Å². The predicted molar refractivity (Wildman–Crippen MR) is 54.2 cm³/mol.